The summed E-state index contributed by atoms with van der Waals surface area (Å²) in [6.07, 6.45) is 4.70. The standard InChI is InChI=1S/C12H19N3OS/c1-8-11(17-9(2)14-8)7-13-12(16)15-10-5-3-4-6-10/h10H,3-7H2,1-2H3,(H2,13,15,16). The van der Waals surface area contributed by atoms with Gasteiger partial charge < -0.3 is 10.6 Å². The molecule has 2 rings (SSSR count). The number of aryl methyl sites for hydroxylation is 2. The number of carbonyl (C=O) groups is 1. The van der Waals surface area contributed by atoms with E-state index in [4.69, 9.17) is 0 Å². The summed E-state index contributed by atoms with van der Waals surface area (Å²) in [6.45, 7) is 4.55. The van der Waals surface area contributed by atoms with Gasteiger partial charge in [-0.3, -0.25) is 0 Å². The molecule has 0 spiro atoms. The van der Waals surface area contributed by atoms with Crippen molar-refractivity contribution in [2.24, 2.45) is 0 Å². The molecule has 5 heteroatoms. The van der Waals surface area contributed by atoms with E-state index in [1.807, 2.05) is 13.8 Å². The van der Waals surface area contributed by atoms with Gasteiger partial charge in [0.2, 0.25) is 0 Å². The van der Waals surface area contributed by atoms with Crippen molar-refractivity contribution in [1.29, 1.82) is 0 Å². The monoisotopic (exact) mass is 253 g/mol. The Kier molecular flexibility index (Phi) is 3.99. The molecule has 2 amide bonds. The van der Waals surface area contributed by atoms with Crippen LogP contribution < -0.4 is 10.6 Å². The number of nitrogens with zero attached hydrogens (tertiary/aromatic N) is 1. The molecular weight excluding hydrogens is 234 g/mol. The maximum absolute atomic E-state index is 11.7. The normalized spacial score (nSPS) is 16.1. The highest BCUT2D eigenvalue weighted by Crippen LogP contribution is 2.18. The molecule has 1 aromatic rings. The van der Waals surface area contributed by atoms with E-state index in [-0.39, 0.29) is 6.03 Å². The number of aromatic nitrogens is 1. The van der Waals surface area contributed by atoms with Crippen LogP contribution in [0.25, 0.3) is 0 Å². The summed E-state index contributed by atoms with van der Waals surface area (Å²) >= 11 is 1.65. The fourth-order valence-corrected chi connectivity index (χ4v) is 3.08. The van der Waals surface area contributed by atoms with Crippen LogP contribution in [0.3, 0.4) is 0 Å². The Morgan fingerprint density at radius 1 is 1.41 bits per heavy atom. The van der Waals surface area contributed by atoms with Crippen molar-refractivity contribution >= 4 is 17.4 Å². The van der Waals surface area contributed by atoms with E-state index in [1.165, 1.54) is 12.8 Å². The summed E-state index contributed by atoms with van der Waals surface area (Å²) in [4.78, 5) is 17.1. The second-order valence-electron chi connectivity index (χ2n) is 4.55. The number of thiazole rings is 1. The molecule has 17 heavy (non-hydrogen) atoms. The lowest BCUT2D eigenvalue weighted by Crippen LogP contribution is -2.40. The average molecular weight is 253 g/mol. The first-order chi connectivity index (χ1) is 8.15. The summed E-state index contributed by atoms with van der Waals surface area (Å²) in [5, 5.41) is 6.96. The molecular formula is C12H19N3OS. The lowest BCUT2D eigenvalue weighted by atomic mass is 10.2. The highest BCUT2D eigenvalue weighted by Gasteiger charge is 2.17. The number of hydrogen-bond acceptors (Lipinski definition) is 3. The zero-order valence-corrected chi connectivity index (χ0v) is 11.2. The predicted octanol–water partition coefficient (Wildman–Crippen LogP) is 2.50. The van der Waals surface area contributed by atoms with Crippen LogP contribution in [0, 0.1) is 13.8 Å². The van der Waals surface area contributed by atoms with Gasteiger partial charge in [-0.15, -0.1) is 11.3 Å². The lowest BCUT2D eigenvalue weighted by Gasteiger charge is -2.12. The van der Waals surface area contributed by atoms with Crippen LogP contribution in [0.4, 0.5) is 4.79 Å². The molecule has 0 unspecified atom stereocenters. The van der Waals surface area contributed by atoms with Crippen molar-refractivity contribution in [1.82, 2.24) is 15.6 Å². The zero-order chi connectivity index (χ0) is 12.3. The van der Waals surface area contributed by atoms with Crippen LogP contribution in [0.2, 0.25) is 0 Å². The molecule has 1 aliphatic rings. The fraction of sp³-hybridized carbons (Fsp3) is 0.667. The van der Waals surface area contributed by atoms with E-state index in [0.717, 1.165) is 28.4 Å². The van der Waals surface area contributed by atoms with Gasteiger partial charge in [-0.05, 0) is 26.7 Å². The summed E-state index contributed by atoms with van der Waals surface area (Å²) in [7, 11) is 0. The largest absolute Gasteiger partial charge is 0.335 e. The molecule has 1 aliphatic carbocycles. The number of nitrogens with one attached hydrogen (secondary N) is 2. The van der Waals surface area contributed by atoms with Crippen molar-refractivity contribution in [3.8, 4) is 0 Å². The molecule has 2 N–H and O–H groups in total. The van der Waals surface area contributed by atoms with Crippen molar-refractivity contribution in [2.75, 3.05) is 0 Å². The minimum atomic E-state index is -0.0534. The predicted molar refractivity (Wildman–Crippen MR) is 69.2 cm³/mol. The summed E-state index contributed by atoms with van der Waals surface area (Å²) < 4.78 is 0. The van der Waals surface area contributed by atoms with Gasteiger partial charge in [-0.2, -0.15) is 0 Å². The van der Waals surface area contributed by atoms with E-state index in [9.17, 15) is 4.79 Å². The highest BCUT2D eigenvalue weighted by molar-refractivity contribution is 7.11. The van der Waals surface area contributed by atoms with Gasteiger partial charge in [0.05, 0.1) is 17.2 Å². The SMILES string of the molecule is Cc1nc(C)c(CNC(=O)NC2CCCC2)s1. The molecule has 1 saturated carbocycles. The zero-order valence-electron chi connectivity index (χ0n) is 10.4. The van der Waals surface area contributed by atoms with Crippen molar-refractivity contribution in [2.45, 2.75) is 52.1 Å². The fourth-order valence-electron chi connectivity index (χ4n) is 2.20. The van der Waals surface area contributed by atoms with Gasteiger partial charge in [0, 0.05) is 10.9 Å². The van der Waals surface area contributed by atoms with Gasteiger partial charge >= 0.3 is 6.03 Å². The van der Waals surface area contributed by atoms with Crippen LogP contribution in [0.15, 0.2) is 0 Å². The quantitative estimate of drug-likeness (QED) is 0.869. The van der Waals surface area contributed by atoms with Crippen molar-refractivity contribution in [3.63, 3.8) is 0 Å². The Morgan fingerprint density at radius 2 is 2.12 bits per heavy atom. The average Bonchev–Trinajstić information content (AvgIpc) is 2.86. The van der Waals surface area contributed by atoms with Crippen molar-refractivity contribution < 1.29 is 4.79 Å². The first kappa shape index (κ1) is 12.4. The Morgan fingerprint density at radius 3 is 2.71 bits per heavy atom. The lowest BCUT2D eigenvalue weighted by molar-refractivity contribution is 0.237. The Hall–Kier alpha value is -1.10. The van der Waals surface area contributed by atoms with E-state index in [2.05, 4.69) is 15.6 Å². The molecule has 1 fully saturated rings. The van der Waals surface area contributed by atoms with Crippen LogP contribution in [-0.4, -0.2) is 17.1 Å². The van der Waals surface area contributed by atoms with Gasteiger partial charge in [-0.1, -0.05) is 12.8 Å². The van der Waals surface area contributed by atoms with Gasteiger partial charge in [-0.25, -0.2) is 9.78 Å². The molecule has 0 aliphatic heterocycles. The Labute approximate surface area is 106 Å². The number of urea groups is 1. The minimum Gasteiger partial charge on any atom is -0.335 e. The topological polar surface area (TPSA) is 54.0 Å². The van der Waals surface area contributed by atoms with Gasteiger partial charge in [0.1, 0.15) is 0 Å². The molecule has 0 atom stereocenters. The summed E-state index contributed by atoms with van der Waals surface area (Å²) in [6, 6.07) is 0.321. The third-order valence-electron chi connectivity index (χ3n) is 3.10. The third-order valence-corrected chi connectivity index (χ3v) is 4.17. The Balaban J connectivity index is 1.77. The van der Waals surface area contributed by atoms with E-state index < -0.39 is 0 Å². The van der Waals surface area contributed by atoms with Crippen LogP contribution in [0.1, 0.15) is 41.3 Å². The summed E-state index contributed by atoms with van der Waals surface area (Å²) in [5.74, 6) is 0. The molecule has 0 bridgehead atoms. The molecule has 0 saturated heterocycles. The molecule has 0 radical (unpaired) electrons. The number of rotatable bonds is 3. The molecule has 1 heterocycles. The first-order valence-corrected chi connectivity index (χ1v) is 6.94. The second kappa shape index (κ2) is 5.49. The highest BCUT2D eigenvalue weighted by atomic mass is 32.1. The van der Waals surface area contributed by atoms with E-state index in [1.54, 1.807) is 11.3 Å². The Bertz CT molecular complexity index is 396. The van der Waals surface area contributed by atoms with Crippen molar-refractivity contribution in [3.05, 3.63) is 15.6 Å². The molecule has 1 aromatic heterocycles. The van der Waals surface area contributed by atoms with E-state index in [0.29, 0.717) is 12.6 Å². The first-order valence-electron chi connectivity index (χ1n) is 6.12. The van der Waals surface area contributed by atoms with E-state index >= 15 is 0 Å². The maximum atomic E-state index is 11.7. The summed E-state index contributed by atoms with van der Waals surface area (Å²) in [5.41, 5.74) is 1.02. The molecule has 94 valence electrons. The number of hydrogen-bond donors (Lipinski definition) is 2. The maximum Gasteiger partial charge on any atom is 0.315 e. The number of amides is 2. The molecule has 4 nitrogen and oxygen atoms in total. The second-order valence-corrected chi connectivity index (χ2v) is 5.84. The minimum absolute atomic E-state index is 0.0534. The smallest absolute Gasteiger partial charge is 0.315 e. The van der Waals surface area contributed by atoms with Gasteiger partial charge in [0.15, 0.2) is 0 Å². The van der Waals surface area contributed by atoms with Crippen LogP contribution >= 0.6 is 11.3 Å². The number of carbonyl (C=O) groups excluding carboxylic acids is 1. The van der Waals surface area contributed by atoms with Crippen LogP contribution in [0.5, 0.6) is 0 Å². The van der Waals surface area contributed by atoms with Crippen LogP contribution in [-0.2, 0) is 6.54 Å². The van der Waals surface area contributed by atoms with Gasteiger partial charge in [0.25, 0.3) is 0 Å². The molecule has 0 aromatic carbocycles. The third kappa shape index (κ3) is 3.43.